The summed E-state index contributed by atoms with van der Waals surface area (Å²) in [5.74, 6) is 0.0559. The second-order valence-corrected chi connectivity index (χ2v) is 3.07. The fourth-order valence-corrected chi connectivity index (χ4v) is 0.887. The van der Waals surface area contributed by atoms with Crippen molar-refractivity contribution in [1.82, 2.24) is 4.98 Å². The van der Waals surface area contributed by atoms with Crippen molar-refractivity contribution in [2.75, 3.05) is 0 Å². The van der Waals surface area contributed by atoms with Gasteiger partial charge < -0.3 is 4.98 Å². The van der Waals surface area contributed by atoms with E-state index < -0.39 is 11.9 Å². The van der Waals surface area contributed by atoms with Crippen LogP contribution in [0.15, 0.2) is 12.1 Å². The first-order chi connectivity index (χ1) is 5.91. The summed E-state index contributed by atoms with van der Waals surface area (Å²) in [6.45, 7) is 3.65. The van der Waals surface area contributed by atoms with Crippen LogP contribution in [0, 0.1) is 6.20 Å². The van der Waals surface area contributed by atoms with Gasteiger partial charge in [0.15, 0.2) is 0 Å². The van der Waals surface area contributed by atoms with Crippen LogP contribution < -0.4 is 68.9 Å². The van der Waals surface area contributed by atoms with Crippen LogP contribution in [-0.2, 0) is 6.18 Å². The molecule has 5 heteroatoms. The summed E-state index contributed by atoms with van der Waals surface area (Å²) in [5, 5.41) is 0. The molecule has 0 N–H and O–H groups in total. The van der Waals surface area contributed by atoms with E-state index in [1.807, 2.05) is 13.8 Å². The minimum Gasteiger partial charge on any atom is -0.382 e. The number of hydrogen-bond donors (Lipinski definition) is 0. The molecule has 1 heterocycles. The van der Waals surface area contributed by atoms with Crippen LogP contribution in [0.2, 0.25) is 0 Å². The van der Waals surface area contributed by atoms with Gasteiger partial charge in [-0.2, -0.15) is 19.2 Å². The van der Waals surface area contributed by atoms with E-state index in [0.717, 1.165) is 6.07 Å². The topological polar surface area (TPSA) is 12.9 Å². The molecule has 0 radical (unpaired) electrons. The molecule has 0 bridgehead atoms. The predicted molar refractivity (Wildman–Crippen MR) is 42.2 cm³/mol. The van der Waals surface area contributed by atoms with E-state index in [4.69, 9.17) is 0 Å². The van der Waals surface area contributed by atoms with Gasteiger partial charge in [0, 0.05) is 5.69 Å². The van der Waals surface area contributed by atoms with Gasteiger partial charge in [-0.05, 0) is 0 Å². The number of alkyl halides is 3. The van der Waals surface area contributed by atoms with E-state index in [-0.39, 0.29) is 74.8 Å². The van der Waals surface area contributed by atoms with Crippen molar-refractivity contribution in [1.29, 1.82) is 0 Å². The zero-order chi connectivity index (χ0) is 10.1. The Bertz CT molecular complexity index is 296. The molecule has 0 saturated heterocycles. The summed E-state index contributed by atoms with van der Waals surface area (Å²) < 4.78 is 36.4. The average molecular weight is 321 g/mol. The molecule has 72 valence electrons. The van der Waals surface area contributed by atoms with Crippen molar-refractivity contribution >= 4 is 0 Å². The van der Waals surface area contributed by atoms with Gasteiger partial charge in [-0.25, -0.2) is 0 Å². The largest absolute Gasteiger partial charge is 1.00 e. The Kier molecular flexibility index (Phi) is 6.33. The summed E-state index contributed by atoms with van der Waals surface area (Å²) in [6, 6.07) is 2.53. The van der Waals surface area contributed by atoms with Gasteiger partial charge in [-0.15, -0.1) is 11.6 Å². The molecule has 0 spiro atoms. The van der Waals surface area contributed by atoms with E-state index >= 15 is 0 Å². The third-order valence-corrected chi connectivity index (χ3v) is 1.68. The molecule has 1 aromatic heterocycles. The Morgan fingerprint density at radius 2 is 1.93 bits per heavy atom. The molecule has 0 aliphatic heterocycles. The van der Waals surface area contributed by atoms with Gasteiger partial charge in [0.05, 0.1) is 0 Å². The fraction of sp³-hybridized carbons (Fsp3) is 0.444. The van der Waals surface area contributed by atoms with Crippen molar-refractivity contribution in [3.63, 3.8) is 0 Å². The number of rotatable bonds is 1. The summed E-state index contributed by atoms with van der Waals surface area (Å²) >= 11 is 0. The molecule has 0 fully saturated rings. The van der Waals surface area contributed by atoms with Gasteiger partial charge in [0.2, 0.25) is 0 Å². The van der Waals surface area contributed by atoms with E-state index in [9.17, 15) is 13.2 Å². The number of aromatic nitrogens is 1. The van der Waals surface area contributed by atoms with Gasteiger partial charge in [0.25, 0.3) is 0 Å². The zero-order valence-electron chi connectivity index (χ0n) is 8.31. The monoisotopic (exact) mass is 321 g/mol. The molecule has 1 aromatic rings. The number of nitrogens with zero attached hydrogens (tertiary/aromatic N) is 1. The summed E-state index contributed by atoms with van der Waals surface area (Å²) in [6.07, 6.45) is -2.13. The van der Waals surface area contributed by atoms with Crippen LogP contribution in [0.4, 0.5) is 13.2 Å². The minimum absolute atomic E-state index is 0. The van der Waals surface area contributed by atoms with Crippen LogP contribution in [0.25, 0.3) is 0 Å². The summed E-state index contributed by atoms with van der Waals surface area (Å²) in [5.41, 5.74) is -0.277. The normalized spacial score (nSPS) is 11.3. The van der Waals surface area contributed by atoms with Gasteiger partial charge in [-0.3, -0.25) is 0 Å². The Hall–Kier alpha value is 0.992. The molecular formula is C9H9CsF3N. The van der Waals surface area contributed by atoms with Crippen molar-refractivity contribution < 1.29 is 82.1 Å². The second kappa shape index (κ2) is 5.91. The zero-order valence-corrected chi connectivity index (χ0v) is 14.6. The maximum absolute atomic E-state index is 12.1. The maximum atomic E-state index is 12.1. The smallest absolute Gasteiger partial charge is 0.382 e. The average Bonchev–Trinajstić information content (AvgIpc) is 2.03. The Morgan fingerprint density at radius 1 is 1.36 bits per heavy atom. The fourth-order valence-electron chi connectivity index (χ4n) is 0.887. The molecule has 1 rings (SSSR count). The van der Waals surface area contributed by atoms with E-state index in [1.165, 1.54) is 6.07 Å². The molecule has 0 atom stereocenters. The van der Waals surface area contributed by atoms with Crippen molar-refractivity contribution in [3.05, 3.63) is 29.6 Å². The predicted octanol–water partition coefficient (Wildman–Crippen LogP) is 0.0280. The minimum atomic E-state index is -4.37. The van der Waals surface area contributed by atoms with Crippen LogP contribution in [0.5, 0.6) is 0 Å². The maximum Gasteiger partial charge on any atom is 1.00 e. The first kappa shape index (κ1) is 15.0. The number of halogens is 3. The summed E-state index contributed by atoms with van der Waals surface area (Å²) in [4.78, 5) is 3.14. The van der Waals surface area contributed by atoms with E-state index in [0.29, 0.717) is 5.56 Å². The van der Waals surface area contributed by atoms with Crippen LogP contribution in [0.3, 0.4) is 0 Å². The third kappa shape index (κ3) is 4.24. The van der Waals surface area contributed by atoms with Crippen LogP contribution >= 0.6 is 0 Å². The van der Waals surface area contributed by atoms with Crippen molar-refractivity contribution in [3.8, 4) is 0 Å². The first-order valence-corrected chi connectivity index (χ1v) is 3.86. The molecule has 1 nitrogen and oxygen atoms in total. The van der Waals surface area contributed by atoms with Crippen LogP contribution in [0.1, 0.15) is 31.0 Å². The van der Waals surface area contributed by atoms with Crippen molar-refractivity contribution in [2.45, 2.75) is 25.9 Å². The Labute approximate surface area is 140 Å². The second-order valence-electron chi connectivity index (χ2n) is 3.07. The molecule has 0 aromatic carbocycles. The molecule has 0 amide bonds. The third-order valence-electron chi connectivity index (χ3n) is 1.68. The van der Waals surface area contributed by atoms with Crippen LogP contribution in [-0.4, -0.2) is 4.98 Å². The summed E-state index contributed by atoms with van der Waals surface area (Å²) in [7, 11) is 0. The number of hydrogen-bond acceptors (Lipinski definition) is 1. The van der Waals surface area contributed by atoms with Crippen molar-refractivity contribution in [2.24, 2.45) is 0 Å². The molecule has 0 aliphatic rings. The standard InChI is InChI=1S/C9H9F3N.Cs/c1-6(2)7-3-4-13-8(5-7)9(10,11)12;/h3,5-6H,1-2H3;/q-1;+1. The molecule has 0 saturated carbocycles. The molecule has 0 aliphatic carbocycles. The number of pyridine rings is 1. The molecule has 0 unspecified atom stereocenters. The van der Waals surface area contributed by atoms with Gasteiger partial charge >= 0.3 is 75.1 Å². The van der Waals surface area contributed by atoms with Gasteiger partial charge in [-0.1, -0.05) is 26.0 Å². The Morgan fingerprint density at radius 3 is 2.36 bits per heavy atom. The molecular weight excluding hydrogens is 312 g/mol. The Balaban J connectivity index is 0.00000169. The van der Waals surface area contributed by atoms with E-state index in [2.05, 4.69) is 11.2 Å². The molecule has 14 heavy (non-hydrogen) atoms. The SMILES string of the molecule is CC(C)c1c[c-]nc(C(F)(F)F)c1.[Cs+]. The quantitative estimate of drug-likeness (QED) is 0.665. The van der Waals surface area contributed by atoms with Gasteiger partial charge in [0.1, 0.15) is 0 Å². The van der Waals surface area contributed by atoms with E-state index in [1.54, 1.807) is 0 Å². The first-order valence-electron chi connectivity index (χ1n) is 3.86.